The molecule has 0 saturated heterocycles. The van der Waals surface area contributed by atoms with Gasteiger partial charge >= 0.3 is 0 Å². The maximum atomic E-state index is 12.4. The van der Waals surface area contributed by atoms with Gasteiger partial charge in [-0.2, -0.15) is 4.98 Å². The van der Waals surface area contributed by atoms with Gasteiger partial charge in [0, 0.05) is 17.1 Å². The summed E-state index contributed by atoms with van der Waals surface area (Å²) < 4.78 is 25.7. The Morgan fingerprint density at radius 3 is 2.35 bits per heavy atom. The highest BCUT2D eigenvalue weighted by molar-refractivity contribution is 7.89. The topological polar surface area (TPSA) is 76.9 Å². The van der Waals surface area contributed by atoms with E-state index >= 15 is 0 Å². The number of aryl methyl sites for hydroxylation is 1. The fourth-order valence-corrected chi connectivity index (χ4v) is 3.27. The molecule has 0 bridgehead atoms. The van der Waals surface area contributed by atoms with E-state index in [1.165, 1.54) is 0 Å². The number of aromatic nitrogens is 3. The van der Waals surface area contributed by atoms with E-state index in [0.717, 1.165) is 20.8 Å². The molecular weight excluding hydrogens is 372 g/mol. The zero-order valence-corrected chi connectivity index (χ0v) is 16.0. The average Bonchev–Trinajstić information content (AvgIpc) is 3.07. The van der Waals surface area contributed by atoms with Gasteiger partial charge in [-0.05, 0) is 31.5 Å². The van der Waals surface area contributed by atoms with Gasteiger partial charge < -0.3 is 5.32 Å². The van der Waals surface area contributed by atoms with Crippen molar-refractivity contribution < 1.29 is 8.42 Å². The van der Waals surface area contributed by atoms with Gasteiger partial charge in [0.2, 0.25) is 5.95 Å². The first-order valence-corrected chi connectivity index (χ1v) is 10.1. The number of nitrogens with one attached hydrogen (secondary N) is 1. The van der Waals surface area contributed by atoms with Crippen LogP contribution in [0.3, 0.4) is 0 Å². The van der Waals surface area contributed by atoms with E-state index in [1.54, 1.807) is 19.1 Å². The molecule has 0 aliphatic carbocycles. The highest BCUT2D eigenvalue weighted by atomic mass is 35.5. The summed E-state index contributed by atoms with van der Waals surface area (Å²) >= 11 is 5.89. The van der Waals surface area contributed by atoms with E-state index in [0.29, 0.717) is 17.4 Å². The number of nitrogens with zero attached hydrogens (tertiary/aromatic N) is 3. The van der Waals surface area contributed by atoms with Gasteiger partial charge in [0.05, 0.1) is 5.75 Å². The van der Waals surface area contributed by atoms with Crippen LogP contribution in [0.4, 0.5) is 5.95 Å². The fraction of sp³-hybridized carbons (Fsp3) is 0.222. The summed E-state index contributed by atoms with van der Waals surface area (Å²) in [6, 6.07) is 14.9. The standard InChI is InChI=1S/C18H19ClN4O2S/c1-3-26(24,25)23-18(20-12-14-6-10-16(19)11-7-14)21-17(22-23)15-8-4-13(2)5-9-15/h4-11H,3,12H2,1-2H3,(H,20,21,22). The average molecular weight is 391 g/mol. The Morgan fingerprint density at radius 1 is 1.08 bits per heavy atom. The molecule has 1 heterocycles. The van der Waals surface area contributed by atoms with Gasteiger partial charge in [-0.3, -0.25) is 0 Å². The number of benzene rings is 2. The number of anilines is 1. The van der Waals surface area contributed by atoms with Crippen LogP contribution in [-0.2, 0) is 16.6 Å². The molecule has 1 aromatic heterocycles. The highest BCUT2D eigenvalue weighted by Crippen LogP contribution is 2.20. The van der Waals surface area contributed by atoms with E-state index in [9.17, 15) is 8.42 Å². The van der Waals surface area contributed by atoms with Crippen molar-refractivity contribution in [3.8, 4) is 11.4 Å². The van der Waals surface area contributed by atoms with E-state index in [4.69, 9.17) is 11.6 Å². The Bertz CT molecular complexity index is 997. The van der Waals surface area contributed by atoms with Crippen LogP contribution in [0.15, 0.2) is 48.5 Å². The molecular formula is C18H19ClN4O2S. The predicted octanol–water partition coefficient (Wildman–Crippen LogP) is 3.72. The zero-order valence-electron chi connectivity index (χ0n) is 14.5. The molecule has 0 amide bonds. The molecule has 0 spiro atoms. The fourth-order valence-electron chi connectivity index (χ4n) is 2.33. The van der Waals surface area contributed by atoms with Crippen LogP contribution in [0, 0.1) is 6.92 Å². The zero-order chi connectivity index (χ0) is 18.7. The second-order valence-electron chi connectivity index (χ2n) is 5.85. The van der Waals surface area contributed by atoms with Crippen molar-refractivity contribution in [2.45, 2.75) is 20.4 Å². The molecule has 0 aliphatic rings. The Balaban J connectivity index is 1.94. The maximum absolute atomic E-state index is 12.4. The molecule has 136 valence electrons. The number of hydrogen-bond acceptors (Lipinski definition) is 5. The summed E-state index contributed by atoms with van der Waals surface area (Å²) in [5.41, 5.74) is 2.82. The quantitative estimate of drug-likeness (QED) is 0.694. The molecule has 26 heavy (non-hydrogen) atoms. The summed E-state index contributed by atoms with van der Waals surface area (Å²) in [6.07, 6.45) is 0. The van der Waals surface area contributed by atoms with Gasteiger partial charge in [-0.15, -0.1) is 9.19 Å². The molecule has 0 fully saturated rings. The van der Waals surface area contributed by atoms with Crippen LogP contribution in [0.1, 0.15) is 18.1 Å². The first-order chi connectivity index (χ1) is 12.4. The summed E-state index contributed by atoms with van der Waals surface area (Å²) in [6.45, 7) is 3.96. The summed E-state index contributed by atoms with van der Waals surface area (Å²) in [5.74, 6) is 0.484. The third-order valence-corrected chi connectivity index (χ3v) is 5.64. The molecule has 1 N–H and O–H groups in total. The molecule has 0 saturated carbocycles. The van der Waals surface area contributed by atoms with Gasteiger partial charge in [-0.25, -0.2) is 8.42 Å². The summed E-state index contributed by atoms with van der Waals surface area (Å²) in [4.78, 5) is 4.39. The minimum atomic E-state index is -3.58. The van der Waals surface area contributed by atoms with Gasteiger partial charge in [0.1, 0.15) is 0 Å². The summed E-state index contributed by atoms with van der Waals surface area (Å²) in [5, 5.41) is 7.92. The van der Waals surface area contributed by atoms with E-state index in [-0.39, 0.29) is 11.7 Å². The molecule has 0 aliphatic heterocycles. The largest absolute Gasteiger partial charge is 0.349 e. The predicted molar refractivity (Wildman–Crippen MR) is 104 cm³/mol. The Labute approximate surface area is 157 Å². The van der Waals surface area contributed by atoms with E-state index < -0.39 is 10.0 Å². The SMILES string of the molecule is CCS(=O)(=O)n1nc(-c2ccc(C)cc2)nc1NCc1ccc(Cl)cc1. The van der Waals surface area contributed by atoms with Crippen LogP contribution in [0.5, 0.6) is 0 Å². The normalized spacial score (nSPS) is 11.5. The molecule has 3 aromatic rings. The third-order valence-electron chi connectivity index (χ3n) is 3.88. The second-order valence-corrected chi connectivity index (χ2v) is 8.37. The molecule has 0 radical (unpaired) electrons. The molecule has 2 aromatic carbocycles. The van der Waals surface area contributed by atoms with Crippen LogP contribution in [0.2, 0.25) is 5.02 Å². The van der Waals surface area contributed by atoms with Crippen LogP contribution in [-0.4, -0.2) is 28.3 Å². The number of rotatable bonds is 6. The molecule has 0 unspecified atom stereocenters. The van der Waals surface area contributed by atoms with Crippen LogP contribution in [0.25, 0.3) is 11.4 Å². The molecule has 0 atom stereocenters. The van der Waals surface area contributed by atoms with Crippen molar-refractivity contribution >= 4 is 27.6 Å². The Kier molecular flexibility index (Phi) is 5.29. The molecule has 8 heteroatoms. The van der Waals surface area contributed by atoms with Crippen molar-refractivity contribution in [3.05, 3.63) is 64.7 Å². The second kappa shape index (κ2) is 7.47. The van der Waals surface area contributed by atoms with Gasteiger partial charge in [-0.1, -0.05) is 53.6 Å². The van der Waals surface area contributed by atoms with Crippen molar-refractivity contribution in [2.75, 3.05) is 11.1 Å². The first-order valence-electron chi connectivity index (χ1n) is 8.14. The maximum Gasteiger partial charge on any atom is 0.256 e. The van der Waals surface area contributed by atoms with E-state index in [2.05, 4.69) is 15.4 Å². The lowest BCUT2D eigenvalue weighted by Gasteiger charge is -2.07. The van der Waals surface area contributed by atoms with Crippen molar-refractivity contribution in [1.82, 2.24) is 14.2 Å². The molecule has 6 nitrogen and oxygen atoms in total. The third kappa shape index (κ3) is 4.05. The minimum absolute atomic E-state index is 0.0701. The van der Waals surface area contributed by atoms with Gasteiger partial charge in [0.15, 0.2) is 5.82 Å². The smallest absolute Gasteiger partial charge is 0.256 e. The van der Waals surface area contributed by atoms with Crippen LogP contribution < -0.4 is 5.32 Å². The molecule has 3 rings (SSSR count). The van der Waals surface area contributed by atoms with Crippen molar-refractivity contribution in [2.24, 2.45) is 0 Å². The van der Waals surface area contributed by atoms with Crippen LogP contribution >= 0.6 is 11.6 Å². The summed E-state index contributed by atoms with van der Waals surface area (Å²) in [7, 11) is -3.58. The first kappa shape index (κ1) is 18.4. The lowest BCUT2D eigenvalue weighted by atomic mass is 10.1. The van der Waals surface area contributed by atoms with Gasteiger partial charge in [0.25, 0.3) is 10.0 Å². The highest BCUT2D eigenvalue weighted by Gasteiger charge is 2.20. The minimum Gasteiger partial charge on any atom is -0.349 e. The monoisotopic (exact) mass is 390 g/mol. The lowest BCUT2D eigenvalue weighted by molar-refractivity contribution is 0.582. The number of halogens is 1. The number of hydrogen-bond donors (Lipinski definition) is 1. The van der Waals surface area contributed by atoms with Crippen molar-refractivity contribution in [1.29, 1.82) is 0 Å². The lowest BCUT2D eigenvalue weighted by Crippen LogP contribution is -2.19. The van der Waals surface area contributed by atoms with Crippen molar-refractivity contribution in [3.63, 3.8) is 0 Å². The van der Waals surface area contributed by atoms with E-state index in [1.807, 2.05) is 43.3 Å². The Hall–Kier alpha value is -2.38. The Morgan fingerprint density at radius 2 is 1.73 bits per heavy atom.